The maximum absolute atomic E-state index is 12.2. The molecule has 0 amide bonds. The minimum Gasteiger partial charge on any atom is -0.290 e. The van der Waals surface area contributed by atoms with Gasteiger partial charge in [-0.05, 0) is 24.6 Å². The van der Waals surface area contributed by atoms with Gasteiger partial charge in [0.25, 0.3) is 0 Å². The SMILES string of the molecule is Cc1c(Cc2c(Cl)cccc2Cl)c(=O)ccn1-c1ncn[nH]1. The number of aromatic amines is 1. The molecule has 0 radical (unpaired) electrons. The molecular weight excluding hydrogens is 323 g/mol. The van der Waals surface area contributed by atoms with E-state index >= 15 is 0 Å². The Morgan fingerprint density at radius 2 is 1.91 bits per heavy atom. The molecule has 2 heterocycles. The fraction of sp³-hybridized carbons (Fsp3) is 0.133. The number of halogens is 2. The molecule has 1 aromatic carbocycles. The van der Waals surface area contributed by atoms with Gasteiger partial charge in [-0.2, -0.15) is 10.1 Å². The summed E-state index contributed by atoms with van der Waals surface area (Å²) in [5.41, 5.74) is 2.06. The predicted octanol–water partition coefficient (Wildman–Crippen LogP) is 3.16. The molecule has 0 atom stereocenters. The highest BCUT2D eigenvalue weighted by Crippen LogP contribution is 2.27. The Bertz CT molecular complexity index is 851. The summed E-state index contributed by atoms with van der Waals surface area (Å²) in [4.78, 5) is 16.3. The lowest BCUT2D eigenvalue weighted by atomic mass is 10.0. The van der Waals surface area contributed by atoms with E-state index in [1.807, 2.05) is 6.92 Å². The third-order valence-electron chi connectivity index (χ3n) is 3.52. The van der Waals surface area contributed by atoms with Gasteiger partial charge in [-0.15, -0.1) is 0 Å². The van der Waals surface area contributed by atoms with Crippen molar-refractivity contribution in [3.63, 3.8) is 0 Å². The minimum atomic E-state index is -0.0655. The predicted molar refractivity (Wildman–Crippen MR) is 86.0 cm³/mol. The van der Waals surface area contributed by atoms with Crippen LogP contribution in [0.4, 0.5) is 0 Å². The van der Waals surface area contributed by atoms with Crippen molar-refractivity contribution in [3.05, 3.63) is 73.9 Å². The maximum Gasteiger partial charge on any atom is 0.229 e. The van der Waals surface area contributed by atoms with E-state index in [0.29, 0.717) is 28.0 Å². The molecule has 0 spiro atoms. The number of hydrogen-bond donors (Lipinski definition) is 1. The van der Waals surface area contributed by atoms with E-state index in [0.717, 1.165) is 11.3 Å². The molecule has 1 N–H and O–H groups in total. The third kappa shape index (κ3) is 2.65. The standard InChI is InChI=1S/C15H12Cl2N4O/c1-9-10(7-11-12(16)3-2-4-13(11)17)14(22)5-6-21(9)15-18-8-19-20-15/h2-6,8H,7H2,1H3,(H,18,19,20). The van der Waals surface area contributed by atoms with Crippen molar-refractivity contribution in [2.75, 3.05) is 0 Å². The zero-order valence-corrected chi connectivity index (χ0v) is 13.2. The van der Waals surface area contributed by atoms with Crippen LogP contribution in [-0.2, 0) is 6.42 Å². The van der Waals surface area contributed by atoms with E-state index in [9.17, 15) is 4.79 Å². The molecule has 0 saturated heterocycles. The molecule has 0 aliphatic carbocycles. The summed E-state index contributed by atoms with van der Waals surface area (Å²) < 4.78 is 1.77. The molecule has 0 aliphatic rings. The van der Waals surface area contributed by atoms with Gasteiger partial charge < -0.3 is 0 Å². The van der Waals surface area contributed by atoms with Crippen LogP contribution in [0.25, 0.3) is 5.95 Å². The van der Waals surface area contributed by atoms with Crippen LogP contribution in [0.15, 0.2) is 41.6 Å². The summed E-state index contributed by atoms with van der Waals surface area (Å²) in [5.74, 6) is 0.545. The number of rotatable bonds is 3. The summed E-state index contributed by atoms with van der Waals surface area (Å²) in [6, 6.07) is 6.79. The van der Waals surface area contributed by atoms with Gasteiger partial charge in [-0.3, -0.25) is 9.36 Å². The average molecular weight is 335 g/mol. The first-order valence-electron chi connectivity index (χ1n) is 6.57. The van der Waals surface area contributed by atoms with Crippen LogP contribution in [0.3, 0.4) is 0 Å². The quantitative estimate of drug-likeness (QED) is 0.800. The van der Waals surface area contributed by atoms with Gasteiger partial charge >= 0.3 is 0 Å². The lowest BCUT2D eigenvalue weighted by Crippen LogP contribution is -2.17. The van der Waals surface area contributed by atoms with Crippen molar-refractivity contribution in [3.8, 4) is 5.95 Å². The van der Waals surface area contributed by atoms with E-state index in [4.69, 9.17) is 23.2 Å². The highest BCUT2D eigenvalue weighted by atomic mass is 35.5. The molecule has 0 fully saturated rings. The van der Waals surface area contributed by atoms with E-state index in [1.165, 1.54) is 12.4 Å². The Kier molecular flexibility index (Phi) is 4.00. The van der Waals surface area contributed by atoms with Crippen molar-refractivity contribution in [2.24, 2.45) is 0 Å². The summed E-state index contributed by atoms with van der Waals surface area (Å²) in [7, 11) is 0. The maximum atomic E-state index is 12.2. The van der Waals surface area contributed by atoms with Gasteiger partial charge in [0.15, 0.2) is 5.43 Å². The molecule has 0 unspecified atom stereocenters. The van der Waals surface area contributed by atoms with Gasteiger partial charge in [-0.25, -0.2) is 5.10 Å². The Balaban J connectivity index is 2.12. The topological polar surface area (TPSA) is 63.6 Å². The second-order valence-electron chi connectivity index (χ2n) is 4.80. The second-order valence-corrected chi connectivity index (χ2v) is 5.61. The van der Waals surface area contributed by atoms with Crippen LogP contribution >= 0.6 is 23.2 Å². The Labute approximate surface area is 136 Å². The zero-order chi connectivity index (χ0) is 15.7. The third-order valence-corrected chi connectivity index (χ3v) is 4.22. The molecule has 7 heteroatoms. The van der Waals surface area contributed by atoms with Crippen molar-refractivity contribution in [2.45, 2.75) is 13.3 Å². The molecule has 0 saturated carbocycles. The monoisotopic (exact) mass is 334 g/mol. The number of nitrogens with one attached hydrogen (secondary N) is 1. The first kappa shape index (κ1) is 14.8. The van der Waals surface area contributed by atoms with Crippen molar-refractivity contribution in [1.29, 1.82) is 0 Å². The average Bonchev–Trinajstić information content (AvgIpc) is 3.00. The smallest absolute Gasteiger partial charge is 0.229 e. The molecular formula is C15H12Cl2N4O. The fourth-order valence-corrected chi connectivity index (χ4v) is 2.85. The zero-order valence-electron chi connectivity index (χ0n) is 11.7. The first-order valence-corrected chi connectivity index (χ1v) is 7.33. The van der Waals surface area contributed by atoms with E-state index in [-0.39, 0.29) is 5.43 Å². The summed E-state index contributed by atoms with van der Waals surface area (Å²) in [5, 5.41) is 7.69. The van der Waals surface area contributed by atoms with Gasteiger partial charge in [0, 0.05) is 40.0 Å². The van der Waals surface area contributed by atoms with Crippen LogP contribution in [0.1, 0.15) is 16.8 Å². The Hall–Kier alpha value is -2.11. The number of hydrogen-bond acceptors (Lipinski definition) is 3. The molecule has 22 heavy (non-hydrogen) atoms. The number of aromatic nitrogens is 4. The second kappa shape index (κ2) is 5.94. The van der Waals surface area contributed by atoms with Gasteiger partial charge in [0.05, 0.1) is 0 Å². The van der Waals surface area contributed by atoms with E-state index < -0.39 is 0 Å². The van der Waals surface area contributed by atoms with E-state index in [1.54, 1.807) is 29.0 Å². The minimum absolute atomic E-state index is 0.0655. The van der Waals surface area contributed by atoms with Crippen molar-refractivity contribution >= 4 is 23.2 Å². The molecule has 0 aliphatic heterocycles. The lowest BCUT2D eigenvalue weighted by molar-refractivity contribution is 0.863. The van der Waals surface area contributed by atoms with E-state index in [2.05, 4.69) is 15.2 Å². The van der Waals surface area contributed by atoms with Crippen molar-refractivity contribution in [1.82, 2.24) is 19.7 Å². The molecule has 3 aromatic rings. The van der Waals surface area contributed by atoms with Crippen molar-refractivity contribution < 1.29 is 0 Å². The highest BCUT2D eigenvalue weighted by Gasteiger charge is 2.14. The molecule has 5 nitrogen and oxygen atoms in total. The van der Waals surface area contributed by atoms with Crippen LogP contribution in [-0.4, -0.2) is 19.7 Å². The number of nitrogens with zero attached hydrogens (tertiary/aromatic N) is 3. The molecule has 2 aromatic heterocycles. The molecule has 3 rings (SSSR count). The van der Waals surface area contributed by atoms with Gasteiger partial charge in [0.2, 0.25) is 5.95 Å². The fourth-order valence-electron chi connectivity index (χ4n) is 2.32. The van der Waals surface area contributed by atoms with Crippen LogP contribution in [0.2, 0.25) is 10.0 Å². The summed E-state index contributed by atoms with van der Waals surface area (Å²) in [6.45, 7) is 1.85. The largest absolute Gasteiger partial charge is 0.290 e. The number of benzene rings is 1. The Morgan fingerprint density at radius 1 is 1.18 bits per heavy atom. The number of pyridine rings is 1. The lowest BCUT2D eigenvalue weighted by Gasteiger charge is -2.13. The first-order chi connectivity index (χ1) is 10.6. The van der Waals surface area contributed by atoms with Crippen LogP contribution < -0.4 is 5.43 Å². The summed E-state index contributed by atoms with van der Waals surface area (Å²) >= 11 is 12.4. The number of H-pyrrole nitrogens is 1. The van der Waals surface area contributed by atoms with Crippen LogP contribution in [0.5, 0.6) is 0 Å². The summed E-state index contributed by atoms with van der Waals surface area (Å²) in [6.07, 6.45) is 3.44. The highest BCUT2D eigenvalue weighted by molar-refractivity contribution is 6.36. The normalized spacial score (nSPS) is 10.9. The van der Waals surface area contributed by atoms with Crippen LogP contribution in [0, 0.1) is 6.92 Å². The Morgan fingerprint density at radius 3 is 2.55 bits per heavy atom. The molecule has 0 bridgehead atoms. The van der Waals surface area contributed by atoms with Gasteiger partial charge in [0.1, 0.15) is 6.33 Å². The molecule has 112 valence electrons. The van der Waals surface area contributed by atoms with Gasteiger partial charge in [-0.1, -0.05) is 29.3 Å².